The van der Waals surface area contributed by atoms with Crippen LogP contribution in [0.15, 0.2) is 12.7 Å². The number of rotatable bonds is 7. The predicted molar refractivity (Wildman–Crippen MR) is 58.5 cm³/mol. The molecule has 0 aliphatic carbocycles. The van der Waals surface area contributed by atoms with Crippen molar-refractivity contribution < 1.29 is 14.7 Å². The van der Waals surface area contributed by atoms with E-state index in [0.717, 1.165) is 6.42 Å². The van der Waals surface area contributed by atoms with Crippen LogP contribution in [0.1, 0.15) is 33.1 Å². The average Bonchev–Trinajstić information content (AvgIpc) is 2.00. The van der Waals surface area contributed by atoms with Crippen molar-refractivity contribution in [3.05, 3.63) is 12.7 Å². The molecule has 15 heavy (non-hydrogen) atoms. The van der Waals surface area contributed by atoms with Crippen molar-refractivity contribution in [2.45, 2.75) is 39.2 Å². The molecule has 86 valence electrons. The lowest BCUT2D eigenvalue weighted by atomic mass is 10.0. The molecule has 0 bridgehead atoms. The Bertz CT molecular complexity index is 238. The highest BCUT2D eigenvalue weighted by Crippen LogP contribution is 2.07. The number of hydrogen-bond donors (Lipinski definition) is 2. The van der Waals surface area contributed by atoms with Crippen LogP contribution in [-0.4, -0.2) is 23.0 Å². The summed E-state index contributed by atoms with van der Waals surface area (Å²) < 4.78 is 0. The first-order valence-electron chi connectivity index (χ1n) is 5.07. The average molecular weight is 213 g/mol. The largest absolute Gasteiger partial charge is 0.481 e. The Kier molecular flexibility index (Phi) is 6.42. The molecule has 4 nitrogen and oxygen atoms in total. The molecular formula is C11H19NO3. The maximum atomic E-state index is 11.4. The lowest BCUT2D eigenvalue weighted by Crippen LogP contribution is -2.33. The Morgan fingerprint density at radius 3 is 2.47 bits per heavy atom. The van der Waals surface area contributed by atoms with E-state index < -0.39 is 5.97 Å². The van der Waals surface area contributed by atoms with E-state index in [4.69, 9.17) is 5.11 Å². The van der Waals surface area contributed by atoms with Gasteiger partial charge < -0.3 is 10.4 Å². The van der Waals surface area contributed by atoms with Gasteiger partial charge in [-0.1, -0.05) is 13.0 Å². The van der Waals surface area contributed by atoms with Gasteiger partial charge in [-0.3, -0.25) is 9.59 Å². The molecule has 2 atom stereocenters. The molecular weight excluding hydrogens is 194 g/mol. The van der Waals surface area contributed by atoms with Gasteiger partial charge in [0, 0.05) is 18.9 Å². The number of aliphatic carboxylic acids is 1. The van der Waals surface area contributed by atoms with E-state index in [1.165, 1.54) is 0 Å². The Labute approximate surface area is 90.4 Å². The fourth-order valence-electron chi connectivity index (χ4n) is 1.33. The summed E-state index contributed by atoms with van der Waals surface area (Å²) in [5, 5.41) is 11.3. The van der Waals surface area contributed by atoms with E-state index in [9.17, 15) is 9.59 Å². The van der Waals surface area contributed by atoms with Gasteiger partial charge in [0.15, 0.2) is 0 Å². The zero-order chi connectivity index (χ0) is 11.8. The topological polar surface area (TPSA) is 66.4 Å². The van der Waals surface area contributed by atoms with Gasteiger partial charge in [-0.15, -0.1) is 6.58 Å². The minimum Gasteiger partial charge on any atom is -0.481 e. The minimum atomic E-state index is -0.866. The van der Waals surface area contributed by atoms with Gasteiger partial charge >= 0.3 is 5.97 Å². The number of nitrogens with one attached hydrogen (secondary N) is 1. The van der Waals surface area contributed by atoms with E-state index in [1.807, 2.05) is 6.92 Å². The molecule has 0 saturated carbocycles. The van der Waals surface area contributed by atoms with Crippen LogP contribution in [0.25, 0.3) is 0 Å². The van der Waals surface area contributed by atoms with Crippen molar-refractivity contribution in [2.75, 3.05) is 0 Å². The molecule has 4 heteroatoms. The van der Waals surface area contributed by atoms with Crippen molar-refractivity contribution >= 4 is 11.9 Å². The van der Waals surface area contributed by atoms with Gasteiger partial charge in [-0.2, -0.15) is 0 Å². The molecule has 0 heterocycles. The highest BCUT2D eigenvalue weighted by molar-refractivity contribution is 5.77. The molecule has 0 saturated heterocycles. The Balaban J connectivity index is 3.82. The van der Waals surface area contributed by atoms with Gasteiger partial charge in [0.25, 0.3) is 0 Å². The van der Waals surface area contributed by atoms with Crippen LogP contribution < -0.4 is 5.32 Å². The second-order valence-electron chi connectivity index (χ2n) is 3.90. The first-order valence-corrected chi connectivity index (χ1v) is 5.07. The van der Waals surface area contributed by atoms with Crippen molar-refractivity contribution in [1.82, 2.24) is 5.32 Å². The molecule has 0 aliphatic rings. The Morgan fingerprint density at radius 2 is 2.00 bits per heavy atom. The number of carboxylic acid groups (broad SMARTS) is 1. The highest BCUT2D eigenvalue weighted by atomic mass is 16.4. The second-order valence-corrected chi connectivity index (χ2v) is 3.90. The van der Waals surface area contributed by atoms with Crippen molar-refractivity contribution in [2.24, 2.45) is 5.92 Å². The number of carboxylic acids is 1. The van der Waals surface area contributed by atoms with Crippen LogP contribution in [0, 0.1) is 5.92 Å². The van der Waals surface area contributed by atoms with E-state index >= 15 is 0 Å². The summed E-state index contributed by atoms with van der Waals surface area (Å²) in [5.41, 5.74) is 0. The van der Waals surface area contributed by atoms with Gasteiger partial charge in [0.05, 0.1) is 0 Å². The standard InChI is InChI=1S/C11H19NO3/c1-4-5-9(3)12-10(13)6-8(2)7-11(14)15/h4,8-9H,1,5-7H2,2-3H3,(H,12,13)(H,14,15). The highest BCUT2D eigenvalue weighted by Gasteiger charge is 2.13. The summed E-state index contributed by atoms with van der Waals surface area (Å²) in [5.74, 6) is -1.09. The molecule has 0 fully saturated rings. The summed E-state index contributed by atoms with van der Waals surface area (Å²) in [6, 6.07) is 0.0621. The first kappa shape index (κ1) is 13.7. The molecule has 0 aromatic carbocycles. The van der Waals surface area contributed by atoms with Gasteiger partial charge in [-0.25, -0.2) is 0 Å². The summed E-state index contributed by atoms with van der Waals surface area (Å²) in [7, 11) is 0. The van der Waals surface area contributed by atoms with Crippen molar-refractivity contribution in [3.8, 4) is 0 Å². The smallest absolute Gasteiger partial charge is 0.303 e. The fourth-order valence-corrected chi connectivity index (χ4v) is 1.33. The van der Waals surface area contributed by atoms with Crippen molar-refractivity contribution in [3.63, 3.8) is 0 Å². The van der Waals surface area contributed by atoms with Crippen LogP contribution in [0.2, 0.25) is 0 Å². The summed E-state index contributed by atoms with van der Waals surface area (Å²) in [4.78, 5) is 21.8. The number of hydrogen-bond acceptors (Lipinski definition) is 2. The van der Waals surface area contributed by atoms with E-state index in [-0.39, 0.29) is 30.7 Å². The van der Waals surface area contributed by atoms with Gasteiger partial charge in [0.2, 0.25) is 5.91 Å². The first-order chi connectivity index (χ1) is 6.95. The van der Waals surface area contributed by atoms with E-state index in [2.05, 4.69) is 11.9 Å². The molecule has 2 unspecified atom stereocenters. The van der Waals surface area contributed by atoms with Gasteiger partial charge in [-0.05, 0) is 19.3 Å². The zero-order valence-corrected chi connectivity index (χ0v) is 9.32. The van der Waals surface area contributed by atoms with E-state index in [1.54, 1.807) is 13.0 Å². The number of carbonyl (C=O) groups is 2. The normalized spacial score (nSPS) is 14.0. The number of amides is 1. The molecule has 0 aromatic rings. The van der Waals surface area contributed by atoms with E-state index in [0.29, 0.717) is 0 Å². The summed E-state index contributed by atoms with van der Waals surface area (Å²) in [6.07, 6.45) is 2.75. The lowest BCUT2D eigenvalue weighted by Gasteiger charge is -2.13. The molecule has 1 amide bonds. The van der Waals surface area contributed by atoms with Crippen LogP contribution in [0.4, 0.5) is 0 Å². The monoisotopic (exact) mass is 213 g/mol. The molecule has 0 radical (unpaired) electrons. The lowest BCUT2D eigenvalue weighted by molar-refractivity contribution is -0.138. The molecule has 0 spiro atoms. The zero-order valence-electron chi connectivity index (χ0n) is 9.32. The molecule has 0 aromatic heterocycles. The molecule has 2 N–H and O–H groups in total. The predicted octanol–water partition coefficient (Wildman–Crippen LogP) is 1.57. The quantitative estimate of drug-likeness (QED) is 0.631. The van der Waals surface area contributed by atoms with Gasteiger partial charge in [0.1, 0.15) is 0 Å². The van der Waals surface area contributed by atoms with Crippen LogP contribution in [-0.2, 0) is 9.59 Å². The fraction of sp³-hybridized carbons (Fsp3) is 0.636. The maximum Gasteiger partial charge on any atom is 0.303 e. The van der Waals surface area contributed by atoms with Crippen LogP contribution >= 0.6 is 0 Å². The van der Waals surface area contributed by atoms with Crippen LogP contribution in [0.5, 0.6) is 0 Å². The second kappa shape index (κ2) is 7.04. The minimum absolute atomic E-state index is 0.0310. The Morgan fingerprint density at radius 1 is 1.40 bits per heavy atom. The third-order valence-electron chi connectivity index (χ3n) is 1.98. The maximum absolute atomic E-state index is 11.4. The number of carbonyl (C=O) groups excluding carboxylic acids is 1. The van der Waals surface area contributed by atoms with Crippen LogP contribution in [0.3, 0.4) is 0 Å². The summed E-state index contributed by atoms with van der Waals surface area (Å²) in [6.45, 7) is 7.23. The SMILES string of the molecule is C=CCC(C)NC(=O)CC(C)CC(=O)O. The summed E-state index contributed by atoms with van der Waals surface area (Å²) >= 11 is 0. The third-order valence-corrected chi connectivity index (χ3v) is 1.98. The molecule has 0 rings (SSSR count). The third kappa shape index (κ3) is 7.73. The Hall–Kier alpha value is -1.32. The molecule has 0 aliphatic heterocycles. The van der Waals surface area contributed by atoms with Crippen molar-refractivity contribution in [1.29, 1.82) is 0 Å².